The quantitative estimate of drug-likeness (QED) is 0.792. The summed E-state index contributed by atoms with van der Waals surface area (Å²) in [5.74, 6) is 0.0765. The van der Waals surface area contributed by atoms with Gasteiger partial charge in [0.15, 0.2) is 0 Å². The van der Waals surface area contributed by atoms with E-state index in [0.717, 1.165) is 16.7 Å². The Kier molecular flexibility index (Phi) is 6.57. The highest BCUT2D eigenvalue weighted by atomic mass is 19.3. The van der Waals surface area contributed by atoms with Crippen molar-refractivity contribution in [2.45, 2.75) is 44.2 Å². The minimum absolute atomic E-state index is 0.0765. The Hall–Kier alpha value is -2.53. The van der Waals surface area contributed by atoms with E-state index in [2.05, 4.69) is 10.8 Å². The largest absolute Gasteiger partial charge is 0.435 e. The summed E-state index contributed by atoms with van der Waals surface area (Å²) >= 11 is 0. The minimum Gasteiger partial charge on any atom is -0.435 e. The molecule has 3 unspecified atom stereocenters. The van der Waals surface area contributed by atoms with E-state index in [-0.39, 0.29) is 18.5 Å². The van der Waals surface area contributed by atoms with Crippen LogP contribution in [0.3, 0.4) is 0 Å². The van der Waals surface area contributed by atoms with E-state index in [4.69, 9.17) is 4.74 Å². The molecule has 1 saturated heterocycles. The lowest BCUT2D eigenvalue weighted by Crippen LogP contribution is -2.33. The summed E-state index contributed by atoms with van der Waals surface area (Å²) < 4.78 is 34.7. The van der Waals surface area contributed by atoms with E-state index in [1.807, 2.05) is 6.07 Å². The molecule has 0 aromatic heterocycles. The lowest BCUT2D eigenvalue weighted by molar-refractivity contribution is -0.113. The fourth-order valence-electron chi connectivity index (χ4n) is 3.40. The molecule has 1 aliphatic rings. The van der Waals surface area contributed by atoms with Gasteiger partial charge in [-0.1, -0.05) is 24.3 Å². The van der Waals surface area contributed by atoms with Gasteiger partial charge in [0.25, 0.3) is 0 Å². The molecule has 3 rings (SSSR count). The number of hydrogen-bond donors (Lipinski definition) is 2. The van der Waals surface area contributed by atoms with E-state index < -0.39 is 18.8 Å². The lowest BCUT2D eigenvalue weighted by atomic mass is 9.92. The zero-order valence-corrected chi connectivity index (χ0v) is 15.1. The van der Waals surface area contributed by atoms with Gasteiger partial charge in [0.1, 0.15) is 5.75 Å². The van der Waals surface area contributed by atoms with Crippen molar-refractivity contribution in [1.82, 2.24) is 0 Å². The van der Waals surface area contributed by atoms with Crippen LogP contribution in [0.2, 0.25) is 0 Å². The number of ether oxygens (including phenoxy) is 2. The molecule has 28 heavy (non-hydrogen) atoms. The lowest BCUT2D eigenvalue weighted by Gasteiger charge is -2.32. The van der Waals surface area contributed by atoms with Gasteiger partial charge in [-0.15, -0.1) is 0 Å². The van der Waals surface area contributed by atoms with Crippen LogP contribution in [0.25, 0.3) is 0 Å². The molecule has 1 fully saturated rings. The molecule has 1 heterocycles. The monoisotopic (exact) mass is 389 g/mol. The van der Waals surface area contributed by atoms with Crippen molar-refractivity contribution in [3.05, 3.63) is 64.7 Å². The van der Waals surface area contributed by atoms with Crippen molar-refractivity contribution < 1.29 is 28.5 Å². The summed E-state index contributed by atoms with van der Waals surface area (Å²) in [4.78, 5) is 0. The first-order valence-electron chi connectivity index (χ1n) is 8.99. The SMILES string of the molecule is N#Cc1ccc(C2CC(O)CC(CO)O2)cc1Cc1ccc(OC(F)F)cc1. The zero-order valence-electron chi connectivity index (χ0n) is 15.1. The van der Waals surface area contributed by atoms with E-state index in [9.17, 15) is 24.3 Å². The van der Waals surface area contributed by atoms with Gasteiger partial charge in [0.2, 0.25) is 0 Å². The highest BCUT2D eigenvalue weighted by Gasteiger charge is 2.29. The van der Waals surface area contributed by atoms with Crippen LogP contribution in [0.1, 0.15) is 41.2 Å². The molecule has 0 bridgehead atoms. The predicted octanol–water partition coefficient (Wildman–Crippen LogP) is 3.32. The Bertz CT molecular complexity index is 835. The Labute approximate surface area is 161 Å². The first-order chi connectivity index (χ1) is 13.5. The van der Waals surface area contributed by atoms with E-state index in [1.54, 1.807) is 24.3 Å². The second-order valence-electron chi connectivity index (χ2n) is 6.78. The average molecular weight is 389 g/mol. The number of hydrogen-bond acceptors (Lipinski definition) is 5. The van der Waals surface area contributed by atoms with Crippen LogP contribution < -0.4 is 4.74 Å². The van der Waals surface area contributed by atoms with Crippen molar-refractivity contribution in [3.8, 4) is 11.8 Å². The van der Waals surface area contributed by atoms with Gasteiger partial charge >= 0.3 is 6.61 Å². The summed E-state index contributed by atoms with van der Waals surface area (Å²) in [6.07, 6.45) is -0.100. The molecule has 0 spiro atoms. The second-order valence-corrected chi connectivity index (χ2v) is 6.78. The van der Waals surface area contributed by atoms with Crippen LogP contribution >= 0.6 is 0 Å². The molecular formula is C21H21F2NO4. The van der Waals surface area contributed by atoms with E-state index in [0.29, 0.717) is 24.8 Å². The van der Waals surface area contributed by atoms with Gasteiger partial charge in [-0.05, 0) is 41.3 Å². The second kappa shape index (κ2) is 9.11. The smallest absolute Gasteiger partial charge is 0.387 e. The number of nitrogens with zero attached hydrogens (tertiary/aromatic N) is 1. The van der Waals surface area contributed by atoms with Crippen molar-refractivity contribution in [2.75, 3.05) is 6.61 Å². The summed E-state index contributed by atoms with van der Waals surface area (Å²) in [5, 5.41) is 28.8. The highest BCUT2D eigenvalue weighted by molar-refractivity contribution is 5.44. The normalized spacial score (nSPS) is 22.1. The highest BCUT2D eigenvalue weighted by Crippen LogP contribution is 2.33. The van der Waals surface area contributed by atoms with Gasteiger partial charge in [0, 0.05) is 12.8 Å². The number of halogens is 2. The van der Waals surface area contributed by atoms with Crippen LogP contribution in [-0.4, -0.2) is 35.6 Å². The van der Waals surface area contributed by atoms with Gasteiger partial charge in [-0.25, -0.2) is 0 Å². The first-order valence-corrected chi connectivity index (χ1v) is 8.99. The van der Waals surface area contributed by atoms with Crippen molar-refractivity contribution in [2.24, 2.45) is 0 Å². The maximum absolute atomic E-state index is 12.3. The standard InChI is InChI=1S/C21H21F2NO4/c22-21(23)28-18-5-1-13(2-6-18)7-16-8-14(3-4-15(16)11-24)20-10-17(26)9-19(12-25)27-20/h1-6,8,17,19-21,25-26H,7,9-10,12H2. The number of benzene rings is 2. The molecule has 5 nitrogen and oxygen atoms in total. The number of nitriles is 1. The molecule has 1 aliphatic heterocycles. The molecule has 0 amide bonds. The van der Waals surface area contributed by atoms with Crippen LogP contribution in [0.15, 0.2) is 42.5 Å². The molecule has 2 aromatic carbocycles. The molecule has 3 atom stereocenters. The Balaban J connectivity index is 1.80. The fourth-order valence-corrected chi connectivity index (χ4v) is 3.40. The van der Waals surface area contributed by atoms with Crippen LogP contribution in [-0.2, 0) is 11.2 Å². The molecule has 0 aliphatic carbocycles. The maximum Gasteiger partial charge on any atom is 0.387 e. The summed E-state index contributed by atoms with van der Waals surface area (Å²) in [6, 6.07) is 13.8. The Morgan fingerprint density at radius 2 is 1.93 bits per heavy atom. The van der Waals surface area contributed by atoms with E-state index >= 15 is 0 Å². The van der Waals surface area contributed by atoms with Crippen molar-refractivity contribution in [3.63, 3.8) is 0 Å². The third-order valence-corrected chi connectivity index (χ3v) is 4.75. The van der Waals surface area contributed by atoms with Gasteiger partial charge < -0.3 is 19.7 Å². The third kappa shape index (κ3) is 5.04. The van der Waals surface area contributed by atoms with Gasteiger partial charge in [-0.3, -0.25) is 0 Å². The number of aliphatic hydroxyl groups is 2. The Morgan fingerprint density at radius 1 is 1.18 bits per heavy atom. The van der Waals surface area contributed by atoms with E-state index in [1.165, 1.54) is 12.1 Å². The summed E-state index contributed by atoms with van der Waals surface area (Å²) in [5.41, 5.74) is 2.94. The molecule has 2 aromatic rings. The maximum atomic E-state index is 12.3. The molecule has 148 valence electrons. The number of rotatable bonds is 6. The predicted molar refractivity (Wildman–Crippen MR) is 97.0 cm³/mol. The van der Waals surface area contributed by atoms with Crippen molar-refractivity contribution in [1.29, 1.82) is 5.26 Å². The molecule has 7 heteroatoms. The summed E-state index contributed by atoms with van der Waals surface area (Å²) in [7, 11) is 0. The summed E-state index contributed by atoms with van der Waals surface area (Å²) in [6.45, 7) is -3.04. The van der Waals surface area contributed by atoms with Crippen LogP contribution in [0.4, 0.5) is 8.78 Å². The zero-order chi connectivity index (χ0) is 20.1. The van der Waals surface area contributed by atoms with Crippen LogP contribution in [0.5, 0.6) is 5.75 Å². The number of aliphatic hydroxyl groups excluding tert-OH is 2. The molecule has 0 radical (unpaired) electrons. The Morgan fingerprint density at radius 3 is 2.57 bits per heavy atom. The van der Waals surface area contributed by atoms with Gasteiger partial charge in [-0.2, -0.15) is 14.0 Å². The first kappa shape index (κ1) is 20.2. The average Bonchev–Trinajstić information content (AvgIpc) is 2.68. The molecular weight excluding hydrogens is 368 g/mol. The molecule has 2 N–H and O–H groups in total. The minimum atomic E-state index is -2.87. The third-order valence-electron chi connectivity index (χ3n) is 4.75. The van der Waals surface area contributed by atoms with Crippen LogP contribution in [0, 0.1) is 11.3 Å². The topological polar surface area (TPSA) is 82.7 Å². The van der Waals surface area contributed by atoms with Crippen molar-refractivity contribution >= 4 is 0 Å². The number of alkyl halides is 2. The van der Waals surface area contributed by atoms with Gasteiger partial charge in [0.05, 0.1) is 36.6 Å². The fraction of sp³-hybridized carbons (Fsp3) is 0.381. The molecule has 0 saturated carbocycles.